The predicted molar refractivity (Wildman–Crippen MR) is 73.8 cm³/mol. The number of likely N-dealkylation sites (tertiary alicyclic amines) is 1. The van der Waals surface area contributed by atoms with Gasteiger partial charge < -0.3 is 9.64 Å². The summed E-state index contributed by atoms with van der Waals surface area (Å²) in [7, 11) is 0.193. The quantitative estimate of drug-likeness (QED) is 0.874. The Bertz CT molecular complexity index is 513. The Morgan fingerprint density at radius 2 is 2.05 bits per heavy atom. The number of hydrogen-bond acceptors (Lipinski definition) is 4. The predicted octanol–water partition coefficient (Wildman–Crippen LogP) is 0.925. The fourth-order valence-corrected chi connectivity index (χ4v) is 3.37. The van der Waals surface area contributed by atoms with Gasteiger partial charge >= 0.3 is 0 Å². The Morgan fingerprint density at radius 1 is 1.37 bits per heavy atom. The Kier molecular flexibility index (Phi) is 4.44. The van der Waals surface area contributed by atoms with E-state index in [-0.39, 0.29) is 4.90 Å². The summed E-state index contributed by atoms with van der Waals surface area (Å²) in [6.45, 7) is 2.48. The van der Waals surface area contributed by atoms with Gasteiger partial charge in [0.05, 0.1) is 12.0 Å². The molecule has 6 heteroatoms. The molecule has 106 valence electrons. The number of sulfonamides is 1. The second-order valence-corrected chi connectivity index (χ2v) is 6.71. The summed E-state index contributed by atoms with van der Waals surface area (Å²) in [6, 6.07) is 6.42. The maximum absolute atomic E-state index is 12.1. The van der Waals surface area contributed by atoms with Crippen molar-refractivity contribution in [1.29, 1.82) is 0 Å². The minimum absolute atomic E-state index is 0.277. The van der Waals surface area contributed by atoms with Gasteiger partial charge in [0.2, 0.25) is 10.0 Å². The van der Waals surface area contributed by atoms with Crippen molar-refractivity contribution in [3.63, 3.8) is 0 Å². The number of ether oxygens (including phenoxy) is 1. The van der Waals surface area contributed by atoms with E-state index in [1.807, 2.05) is 0 Å². The van der Waals surface area contributed by atoms with Crippen LogP contribution in [0.4, 0.5) is 0 Å². The molecule has 1 aromatic rings. The second kappa shape index (κ2) is 5.90. The topological polar surface area (TPSA) is 58.6 Å². The van der Waals surface area contributed by atoms with Crippen molar-refractivity contribution in [3.05, 3.63) is 24.3 Å². The normalized spacial score (nSPS) is 20.6. The van der Waals surface area contributed by atoms with Crippen LogP contribution in [0.25, 0.3) is 0 Å². The highest BCUT2D eigenvalue weighted by Crippen LogP contribution is 2.17. The van der Waals surface area contributed by atoms with Crippen LogP contribution >= 0.6 is 0 Å². The summed E-state index contributed by atoms with van der Waals surface area (Å²) in [5.74, 6) is 1.05. The summed E-state index contributed by atoms with van der Waals surface area (Å²) in [6.07, 6.45) is 1.04. The zero-order chi connectivity index (χ0) is 13.9. The van der Waals surface area contributed by atoms with Crippen molar-refractivity contribution in [1.82, 2.24) is 9.62 Å². The highest BCUT2D eigenvalue weighted by Gasteiger charge is 2.22. The highest BCUT2D eigenvalue weighted by molar-refractivity contribution is 7.89. The largest absolute Gasteiger partial charge is 0.497 e. The Labute approximate surface area is 114 Å². The first-order valence-corrected chi connectivity index (χ1v) is 7.82. The minimum atomic E-state index is -3.41. The molecule has 0 amide bonds. The molecule has 0 radical (unpaired) electrons. The van der Waals surface area contributed by atoms with Gasteiger partial charge in [0.15, 0.2) is 0 Å². The zero-order valence-corrected chi connectivity index (χ0v) is 12.1. The highest BCUT2D eigenvalue weighted by atomic mass is 32.2. The Hall–Kier alpha value is -1.11. The van der Waals surface area contributed by atoms with Crippen LogP contribution in [-0.4, -0.2) is 47.1 Å². The Morgan fingerprint density at radius 3 is 2.58 bits per heavy atom. The van der Waals surface area contributed by atoms with Crippen molar-refractivity contribution in [2.45, 2.75) is 11.3 Å². The minimum Gasteiger partial charge on any atom is -0.497 e. The number of benzene rings is 1. The van der Waals surface area contributed by atoms with Crippen LogP contribution in [0.3, 0.4) is 0 Å². The van der Waals surface area contributed by atoms with Crippen LogP contribution in [0, 0.1) is 5.92 Å². The number of nitrogens with one attached hydrogen (secondary N) is 1. The molecule has 0 spiro atoms. The maximum atomic E-state index is 12.1. The van der Waals surface area contributed by atoms with Crippen molar-refractivity contribution in [3.8, 4) is 5.75 Å². The maximum Gasteiger partial charge on any atom is 0.240 e. The molecule has 0 saturated carbocycles. The monoisotopic (exact) mass is 284 g/mol. The van der Waals surface area contributed by atoms with E-state index in [0.29, 0.717) is 18.2 Å². The lowest BCUT2D eigenvalue weighted by Gasteiger charge is -2.12. The number of nitrogens with zero attached hydrogens (tertiary/aromatic N) is 1. The smallest absolute Gasteiger partial charge is 0.240 e. The van der Waals surface area contributed by atoms with Crippen molar-refractivity contribution < 1.29 is 13.2 Å². The van der Waals surface area contributed by atoms with Crippen LogP contribution in [0.5, 0.6) is 5.75 Å². The molecule has 1 N–H and O–H groups in total. The van der Waals surface area contributed by atoms with Crippen LogP contribution in [0.15, 0.2) is 29.2 Å². The van der Waals surface area contributed by atoms with Crippen molar-refractivity contribution in [2.75, 3.05) is 33.8 Å². The molecule has 1 aliphatic rings. The first-order valence-electron chi connectivity index (χ1n) is 6.33. The summed E-state index contributed by atoms with van der Waals surface area (Å²) in [5, 5.41) is 0. The van der Waals surface area contributed by atoms with E-state index in [2.05, 4.69) is 16.7 Å². The fourth-order valence-electron chi connectivity index (χ4n) is 2.26. The van der Waals surface area contributed by atoms with E-state index in [9.17, 15) is 8.42 Å². The van der Waals surface area contributed by atoms with Gasteiger partial charge in [-0.3, -0.25) is 0 Å². The zero-order valence-electron chi connectivity index (χ0n) is 11.3. The molecule has 5 nitrogen and oxygen atoms in total. The molecular weight excluding hydrogens is 264 g/mol. The fraction of sp³-hybridized carbons (Fsp3) is 0.538. The number of hydrogen-bond donors (Lipinski definition) is 1. The summed E-state index contributed by atoms with van der Waals surface area (Å²) in [4.78, 5) is 2.49. The van der Waals surface area contributed by atoms with Gasteiger partial charge in [0.1, 0.15) is 5.75 Å². The molecular formula is C13H20N2O3S. The van der Waals surface area contributed by atoms with Crippen molar-refractivity contribution in [2.24, 2.45) is 5.92 Å². The third kappa shape index (κ3) is 3.68. The summed E-state index contributed by atoms with van der Waals surface area (Å²) >= 11 is 0. The standard InChI is InChI=1S/C13H20N2O3S/c1-15-8-7-11(10-15)9-14-19(16,17)13-5-3-12(18-2)4-6-13/h3-6,11,14H,7-10H2,1-2H3. The van der Waals surface area contributed by atoms with Gasteiger partial charge in [-0.15, -0.1) is 0 Å². The van der Waals surface area contributed by atoms with Crippen LogP contribution < -0.4 is 9.46 Å². The number of methoxy groups -OCH3 is 1. The van der Waals surface area contributed by atoms with Crippen LogP contribution in [0.2, 0.25) is 0 Å². The molecule has 0 aliphatic carbocycles. The van der Waals surface area contributed by atoms with E-state index in [1.54, 1.807) is 31.4 Å². The average molecular weight is 284 g/mol. The molecule has 0 bridgehead atoms. The van der Waals surface area contributed by atoms with Gasteiger partial charge in [-0.25, -0.2) is 13.1 Å². The van der Waals surface area contributed by atoms with Gasteiger partial charge in [0, 0.05) is 13.1 Å². The van der Waals surface area contributed by atoms with Gasteiger partial charge in [-0.2, -0.15) is 0 Å². The molecule has 1 saturated heterocycles. The summed E-state index contributed by atoms with van der Waals surface area (Å²) in [5.41, 5.74) is 0. The molecule has 19 heavy (non-hydrogen) atoms. The number of rotatable bonds is 5. The molecule has 1 fully saturated rings. The Balaban J connectivity index is 1.97. The van der Waals surface area contributed by atoms with Gasteiger partial charge in [-0.05, 0) is 50.2 Å². The first kappa shape index (κ1) is 14.3. The molecule has 1 unspecified atom stereocenters. The van der Waals surface area contributed by atoms with Gasteiger partial charge in [0.25, 0.3) is 0 Å². The van der Waals surface area contributed by atoms with E-state index < -0.39 is 10.0 Å². The molecule has 0 aromatic heterocycles. The van der Waals surface area contributed by atoms with E-state index in [0.717, 1.165) is 19.5 Å². The lowest BCUT2D eigenvalue weighted by atomic mass is 10.1. The van der Waals surface area contributed by atoms with Crippen LogP contribution in [-0.2, 0) is 10.0 Å². The molecule has 2 rings (SSSR count). The van der Waals surface area contributed by atoms with Crippen molar-refractivity contribution >= 4 is 10.0 Å². The van der Waals surface area contributed by atoms with Gasteiger partial charge in [-0.1, -0.05) is 0 Å². The third-order valence-corrected chi connectivity index (χ3v) is 4.86. The third-order valence-electron chi connectivity index (χ3n) is 3.42. The second-order valence-electron chi connectivity index (χ2n) is 4.94. The molecule has 1 aliphatic heterocycles. The van der Waals surface area contributed by atoms with E-state index >= 15 is 0 Å². The van der Waals surface area contributed by atoms with E-state index in [1.165, 1.54) is 0 Å². The molecule has 1 aromatic carbocycles. The summed E-state index contributed by atoms with van der Waals surface area (Å²) < 4.78 is 31.9. The molecule has 1 heterocycles. The molecule has 1 atom stereocenters. The lowest BCUT2D eigenvalue weighted by molar-refractivity contribution is 0.394. The van der Waals surface area contributed by atoms with Crippen LogP contribution in [0.1, 0.15) is 6.42 Å². The lowest BCUT2D eigenvalue weighted by Crippen LogP contribution is -2.30. The SMILES string of the molecule is COc1ccc(S(=O)(=O)NCC2CCN(C)C2)cc1. The first-order chi connectivity index (χ1) is 9.01. The average Bonchev–Trinajstić information content (AvgIpc) is 2.82. The van der Waals surface area contributed by atoms with E-state index in [4.69, 9.17) is 4.74 Å².